The van der Waals surface area contributed by atoms with Crippen molar-refractivity contribution in [1.29, 1.82) is 0 Å². The monoisotopic (exact) mass is 461 g/mol. The predicted octanol–water partition coefficient (Wildman–Crippen LogP) is 3.66. The highest BCUT2D eigenvalue weighted by molar-refractivity contribution is 7.99. The van der Waals surface area contributed by atoms with Gasteiger partial charge in [0.2, 0.25) is 11.8 Å². The molecule has 0 atom stereocenters. The van der Waals surface area contributed by atoms with Gasteiger partial charge in [0.15, 0.2) is 11.0 Å². The van der Waals surface area contributed by atoms with Crippen LogP contribution in [-0.2, 0) is 16.1 Å². The second kappa shape index (κ2) is 9.76. The summed E-state index contributed by atoms with van der Waals surface area (Å²) in [6.07, 6.45) is 2.23. The van der Waals surface area contributed by atoms with Crippen molar-refractivity contribution in [2.24, 2.45) is 0 Å². The summed E-state index contributed by atoms with van der Waals surface area (Å²) in [5.74, 6) is 0.894. The van der Waals surface area contributed by atoms with Crippen molar-refractivity contribution >= 4 is 46.2 Å². The van der Waals surface area contributed by atoms with E-state index in [0.717, 1.165) is 33.6 Å². The molecule has 1 N–H and O–H groups in total. The SMILES string of the molecule is CCN(CC(=O)NCc1cccs1)C(=O)CSc1nnc(-c2cccs2)n1C1CC1. The van der Waals surface area contributed by atoms with Gasteiger partial charge in [-0.25, -0.2) is 0 Å². The van der Waals surface area contributed by atoms with E-state index in [1.165, 1.54) is 11.8 Å². The highest BCUT2D eigenvalue weighted by Crippen LogP contribution is 2.41. The number of carbonyl (C=O) groups excluding carboxylic acids is 2. The van der Waals surface area contributed by atoms with E-state index >= 15 is 0 Å². The molecule has 1 fully saturated rings. The topological polar surface area (TPSA) is 80.1 Å². The molecule has 0 radical (unpaired) electrons. The summed E-state index contributed by atoms with van der Waals surface area (Å²) in [5.41, 5.74) is 0. The third-order valence-corrected chi connectivity index (χ3v) is 7.42. The molecule has 7 nitrogen and oxygen atoms in total. The van der Waals surface area contributed by atoms with E-state index in [0.29, 0.717) is 19.1 Å². The fourth-order valence-electron chi connectivity index (χ4n) is 3.03. The molecule has 4 rings (SSSR count). The Morgan fingerprint density at radius 2 is 2.03 bits per heavy atom. The van der Waals surface area contributed by atoms with Gasteiger partial charge in [-0.1, -0.05) is 23.9 Å². The number of nitrogens with zero attached hydrogens (tertiary/aromatic N) is 4. The zero-order valence-electron chi connectivity index (χ0n) is 16.6. The number of likely N-dealkylation sites (N-methyl/N-ethyl adjacent to an activating group) is 1. The van der Waals surface area contributed by atoms with E-state index in [1.54, 1.807) is 27.6 Å². The van der Waals surface area contributed by atoms with E-state index in [1.807, 2.05) is 41.9 Å². The van der Waals surface area contributed by atoms with E-state index < -0.39 is 0 Å². The smallest absolute Gasteiger partial charge is 0.239 e. The maximum absolute atomic E-state index is 12.7. The Morgan fingerprint density at radius 1 is 1.23 bits per heavy atom. The Bertz CT molecular complexity index is 980. The lowest BCUT2D eigenvalue weighted by molar-refractivity contribution is -0.133. The molecule has 30 heavy (non-hydrogen) atoms. The standard InChI is InChI=1S/C20H23N5O2S3/c1-2-24(12-17(26)21-11-15-5-3-9-28-15)18(27)13-30-20-23-22-19(16-6-4-10-29-16)25(20)14-7-8-14/h3-6,9-10,14H,2,7-8,11-13H2,1H3,(H,21,26). The summed E-state index contributed by atoms with van der Waals surface area (Å²) in [4.78, 5) is 28.7. The van der Waals surface area contributed by atoms with Gasteiger partial charge in [-0.2, -0.15) is 0 Å². The van der Waals surface area contributed by atoms with Crippen LogP contribution in [0.5, 0.6) is 0 Å². The molecule has 3 aromatic rings. The molecule has 1 aliphatic carbocycles. The van der Waals surface area contributed by atoms with Crippen molar-refractivity contribution in [3.63, 3.8) is 0 Å². The normalized spacial score (nSPS) is 13.4. The van der Waals surface area contributed by atoms with Gasteiger partial charge in [0.25, 0.3) is 0 Å². The molecule has 0 saturated heterocycles. The van der Waals surface area contributed by atoms with Crippen LogP contribution in [0.1, 0.15) is 30.7 Å². The molecule has 3 heterocycles. The van der Waals surface area contributed by atoms with E-state index in [2.05, 4.69) is 20.1 Å². The molecule has 1 aliphatic rings. The first-order valence-electron chi connectivity index (χ1n) is 9.84. The second-order valence-electron chi connectivity index (χ2n) is 6.94. The van der Waals surface area contributed by atoms with Crippen LogP contribution in [0, 0.1) is 0 Å². The van der Waals surface area contributed by atoms with Gasteiger partial charge in [-0.05, 0) is 42.7 Å². The Labute approximate surface area is 187 Å². The maximum atomic E-state index is 12.7. The Hall–Kier alpha value is -2.17. The summed E-state index contributed by atoms with van der Waals surface area (Å²) in [6, 6.07) is 8.39. The highest BCUT2D eigenvalue weighted by atomic mass is 32.2. The number of aromatic nitrogens is 3. The molecule has 0 spiro atoms. The molecule has 0 aliphatic heterocycles. The molecule has 10 heteroatoms. The average molecular weight is 462 g/mol. The number of thioether (sulfide) groups is 1. The minimum Gasteiger partial charge on any atom is -0.350 e. The van der Waals surface area contributed by atoms with Gasteiger partial charge in [0.05, 0.1) is 23.7 Å². The number of rotatable bonds is 10. The van der Waals surface area contributed by atoms with Gasteiger partial charge in [-0.15, -0.1) is 32.9 Å². The van der Waals surface area contributed by atoms with E-state index in [4.69, 9.17) is 0 Å². The first kappa shape index (κ1) is 21.1. The predicted molar refractivity (Wildman–Crippen MR) is 121 cm³/mol. The zero-order chi connectivity index (χ0) is 20.9. The molecule has 0 bridgehead atoms. The van der Waals surface area contributed by atoms with Crippen molar-refractivity contribution in [1.82, 2.24) is 25.0 Å². The van der Waals surface area contributed by atoms with E-state index in [-0.39, 0.29) is 24.1 Å². The minimum atomic E-state index is -0.148. The summed E-state index contributed by atoms with van der Waals surface area (Å²) in [7, 11) is 0. The average Bonchev–Trinajstić information content (AvgIpc) is 3.19. The van der Waals surface area contributed by atoms with E-state index in [9.17, 15) is 9.59 Å². The number of amides is 2. The third kappa shape index (κ3) is 5.11. The van der Waals surface area contributed by atoms with Crippen molar-refractivity contribution in [3.8, 4) is 10.7 Å². The van der Waals surface area contributed by atoms with Gasteiger partial charge in [0.1, 0.15) is 0 Å². The number of nitrogens with one attached hydrogen (secondary N) is 1. The third-order valence-electron chi connectivity index (χ3n) is 4.75. The quantitative estimate of drug-likeness (QED) is 0.466. The number of hydrogen-bond donors (Lipinski definition) is 1. The van der Waals surface area contributed by atoms with Crippen molar-refractivity contribution < 1.29 is 9.59 Å². The minimum absolute atomic E-state index is 0.0665. The van der Waals surface area contributed by atoms with Crippen LogP contribution in [0.2, 0.25) is 0 Å². The van der Waals surface area contributed by atoms with Crippen molar-refractivity contribution in [3.05, 3.63) is 39.9 Å². The fourth-order valence-corrected chi connectivity index (χ4v) is 5.29. The molecular formula is C20H23N5O2S3. The molecule has 0 aromatic carbocycles. The summed E-state index contributed by atoms with van der Waals surface area (Å²) in [5, 5.41) is 16.4. The molecular weight excluding hydrogens is 438 g/mol. The molecule has 3 aromatic heterocycles. The Balaban J connectivity index is 1.33. The summed E-state index contributed by atoms with van der Waals surface area (Å²) >= 11 is 4.64. The molecule has 0 unspecified atom stereocenters. The first-order chi connectivity index (χ1) is 14.7. The van der Waals surface area contributed by atoms with Gasteiger partial charge in [-0.3, -0.25) is 14.2 Å². The van der Waals surface area contributed by atoms with Crippen LogP contribution in [0.4, 0.5) is 0 Å². The first-order valence-corrected chi connectivity index (χ1v) is 12.6. The lowest BCUT2D eigenvalue weighted by Crippen LogP contribution is -2.41. The zero-order valence-corrected chi connectivity index (χ0v) is 19.1. The van der Waals surface area contributed by atoms with Crippen LogP contribution in [0.3, 0.4) is 0 Å². The fraction of sp³-hybridized carbons (Fsp3) is 0.400. The van der Waals surface area contributed by atoms with Gasteiger partial charge < -0.3 is 10.2 Å². The molecule has 2 amide bonds. The second-order valence-corrected chi connectivity index (χ2v) is 9.86. The molecule has 158 valence electrons. The van der Waals surface area contributed by atoms with Crippen molar-refractivity contribution in [2.75, 3.05) is 18.8 Å². The van der Waals surface area contributed by atoms with Crippen molar-refractivity contribution in [2.45, 2.75) is 37.5 Å². The van der Waals surface area contributed by atoms with Crippen LogP contribution >= 0.6 is 34.4 Å². The number of carbonyl (C=O) groups is 2. The largest absolute Gasteiger partial charge is 0.350 e. The molecule has 1 saturated carbocycles. The maximum Gasteiger partial charge on any atom is 0.239 e. The van der Waals surface area contributed by atoms with Crippen LogP contribution in [0.15, 0.2) is 40.2 Å². The lowest BCUT2D eigenvalue weighted by Gasteiger charge is -2.20. The number of thiophene rings is 2. The summed E-state index contributed by atoms with van der Waals surface area (Å²) < 4.78 is 2.16. The van der Waals surface area contributed by atoms with Crippen LogP contribution < -0.4 is 5.32 Å². The lowest BCUT2D eigenvalue weighted by atomic mass is 10.4. The van der Waals surface area contributed by atoms with Gasteiger partial charge >= 0.3 is 0 Å². The Kier molecular flexibility index (Phi) is 6.86. The highest BCUT2D eigenvalue weighted by Gasteiger charge is 2.31. The van der Waals surface area contributed by atoms with Gasteiger partial charge in [0, 0.05) is 17.5 Å². The van der Waals surface area contributed by atoms with Crippen LogP contribution in [-0.4, -0.2) is 50.3 Å². The van der Waals surface area contributed by atoms with Crippen LogP contribution in [0.25, 0.3) is 10.7 Å². The Morgan fingerprint density at radius 3 is 2.70 bits per heavy atom. The summed E-state index contributed by atoms with van der Waals surface area (Å²) in [6.45, 7) is 2.93. The number of hydrogen-bond acceptors (Lipinski definition) is 7.